The first-order valence-electron chi connectivity index (χ1n) is 12.5. The van der Waals surface area contributed by atoms with Crippen LogP contribution in [0.25, 0.3) is 0 Å². The third-order valence-electron chi connectivity index (χ3n) is 5.68. The smallest absolute Gasteiger partial charge is 0.328 e. The summed E-state index contributed by atoms with van der Waals surface area (Å²) < 4.78 is 0. The van der Waals surface area contributed by atoms with Crippen LogP contribution < -0.4 is 38.9 Å². The molecule has 0 aliphatic carbocycles. The molecule has 1 rings (SSSR count). The minimum absolute atomic E-state index is 0.0630. The Kier molecular flexibility index (Phi) is 14.9. The largest absolute Gasteiger partial charge is 0.508 e. The zero-order valence-corrected chi connectivity index (χ0v) is 21.7. The molecule has 218 valence electrons. The fourth-order valence-corrected chi connectivity index (χ4v) is 3.52. The summed E-state index contributed by atoms with van der Waals surface area (Å²) in [7, 11) is 0. The van der Waals surface area contributed by atoms with E-state index in [9.17, 15) is 29.4 Å². The molecule has 39 heavy (non-hydrogen) atoms. The van der Waals surface area contributed by atoms with Gasteiger partial charge in [0.1, 0.15) is 23.9 Å². The van der Waals surface area contributed by atoms with Gasteiger partial charge in [0.2, 0.25) is 17.7 Å². The Hall–Kier alpha value is -3.95. The van der Waals surface area contributed by atoms with E-state index < -0.39 is 54.5 Å². The lowest BCUT2D eigenvalue weighted by Gasteiger charge is -2.25. The highest BCUT2D eigenvalue weighted by atomic mass is 16.4. The summed E-state index contributed by atoms with van der Waals surface area (Å²) in [4.78, 5) is 53.9. The van der Waals surface area contributed by atoms with E-state index in [1.807, 2.05) is 0 Å². The Morgan fingerprint density at radius 1 is 0.846 bits per heavy atom. The van der Waals surface area contributed by atoms with Crippen LogP contribution in [0.15, 0.2) is 29.3 Å². The van der Waals surface area contributed by atoms with Crippen molar-refractivity contribution in [2.45, 2.75) is 62.7 Å². The molecule has 0 heterocycles. The van der Waals surface area contributed by atoms with Crippen LogP contribution in [-0.2, 0) is 25.6 Å². The van der Waals surface area contributed by atoms with E-state index in [4.69, 9.17) is 28.0 Å². The van der Waals surface area contributed by atoms with Crippen LogP contribution in [0.5, 0.6) is 5.75 Å². The second kappa shape index (κ2) is 17.5. The second-order valence-corrected chi connectivity index (χ2v) is 8.91. The van der Waals surface area contributed by atoms with Gasteiger partial charge in [0.25, 0.3) is 0 Å². The van der Waals surface area contributed by atoms with Crippen molar-refractivity contribution in [3.8, 4) is 5.75 Å². The van der Waals surface area contributed by atoms with Gasteiger partial charge in [0, 0.05) is 6.54 Å². The highest BCUT2D eigenvalue weighted by molar-refractivity contribution is 5.94. The molecule has 4 unspecified atom stereocenters. The van der Waals surface area contributed by atoms with Gasteiger partial charge >= 0.3 is 5.97 Å². The van der Waals surface area contributed by atoms with Gasteiger partial charge in [-0.25, -0.2) is 4.79 Å². The van der Waals surface area contributed by atoms with Crippen molar-refractivity contribution in [2.75, 3.05) is 19.7 Å². The molecule has 15 nitrogen and oxygen atoms in total. The second-order valence-electron chi connectivity index (χ2n) is 8.91. The number of amides is 3. The molecule has 0 aromatic heterocycles. The molecule has 15 heteroatoms. The number of unbranched alkanes of at least 4 members (excludes halogenated alkanes) is 1. The molecule has 3 amide bonds. The SMILES string of the molecule is NCCCCC(NC(=O)C(CCCN=C(N)N)NC(=O)C(N)Cc1ccc(O)cc1)C(=O)NC(CO)C(=O)O. The summed E-state index contributed by atoms with van der Waals surface area (Å²) in [6.07, 6.45) is 1.68. The Bertz CT molecular complexity index is 970. The van der Waals surface area contributed by atoms with Crippen molar-refractivity contribution >= 4 is 29.7 Å². The quantitative estimate of drug-likeness (QED) is 0.0496. The molecule has 0 fully saturated rings. The molecule has 0 saturated heterocycles. The Morgan fingerprint density at radius 3 is 1.90 bits per heavy atom. The lowest BCUT2D eigenvalue weighted by Crippen LogP contribution is -2.57. The van der Waals surface area contributed by atoms with Gasteiger partial charge in [0.15, 0.2) is 5.96 Å². The number of aliphatic carboxylic acids is 1. The summed E-state index contributed by atoms with van der Waals surface area (Å²) >= 11 is 0. The van der Waals surface area contributed by atoms with Gasteiger partial charge in [-0.05, 0) is 62.8 Å². The minimum atomic E-state index is -1.56. The highest BCUT2D eigenvalue weighted by Crippen LogP contribution is 2.11. The number of aliphatic hydroxyl groups is 1. The number of aromatic hydroxyl groups is 1. The van der Waals surface area contributed by atoms with Crippen LogP contribution in [0.4, 0.5) is 0 Å². The summed E-state index contributed by atoms with van der Waals surface area (Å²) in [6.45, 7) is -0.315. The Balaban J connectivity index is 3.01. The standard InChI is InChI=1S/C24H40N8O7/c25-10-2-1-4-17(22(37)32-19(13-33)23(38)39)31-21(36)18(5-3-11-29-24(27)28)30-20(35)16(26)12-14-6-8-15(34)9-7-14/h6-9,16-19,33-34H,1-5,10-13,25-26H2,(H,30,35)(H,31,36)(H,32,37)(H,38,39)(H4,27,28,29). The van der Waals surface area contributed by atoms with Gasteiger partial charge in [-0.3, -0.25) is 19.4 Å². The summed E-state index contributed by atoms with van der Waals surface area (Å²) in [5.74, 6) is -3.65. The van der Waals surface area contributed by atoms with E-state index in [-0.39, 0.29) is 37.5 Å². The number of phenolic OH excluding ortho intramolecular Hbond substituents is 1. The van der Waals surface area contributed by atoms with E-state index in [2.05, 4.69) is 20.9 Å². The molecule has 0 aliphatic heterocycles. The number of hydrogen-bond acceptors (Lipinski definition) is 9. The monoisotopic (exact) mass is 552 g/mol. The molecule has 0 radical (unpaired) electrons. The maximum atomic E-state index is 13.2. The molecule has 4 atom stereocenters. The van der Waals surface area contributed by atoms with Crippen molar-refractivity contribution in [2.24, 2.45) is 27.9 Å². The minimum Gasteiger partial charge on any atom is -0.508 e. The number of rotatable bonds is 18. The first-order chi connectivity index (χ1) is 18.5. The van der Waals surface area contributed by atoms with Crippen LogP contribution in [0, 0.1) is 0 Å². The molecule has 0 spiro atoms. The number of benzene rings is 1. The van der Waals surface area contributed by atoms with Crippen LogP contribution in [0.3, 0.4) is 0 Å². The van der Waals surface area contributed by atoms with Crippen molar-refractivity contribution in [1.82, 2.24) is 16.0 Å². The number of hydrogen-bond donors (Lipinski definition) is 10. The number of nitrogens with one attached hydrogen (secondary N) is 3. The number of carbonyl (C=O) groups excluding carboxylic acids is 3. The number of carbonyl (C=O) groups is 4. The number of guanidine groups is 1. The number of carboxylic acids is 1. The van der Waals surface area contributed by atoms with Crippen LogP contribution in [-0.4, -0.2) is 88.8 Å². The van der Waals surface area contributed by atoms with Crippen molar-refractivity contribution in [3.05, 3.63) is 29.8 Å². The first-order valence-corrected chi connectivity index (χ1v) is 12.5. The summed E-state index contributed by atoms with van der Waals surface area (Å²) in [5, 5.41) is 35.2. The van der Waals surface area contributed by atoms with E-state index in [1.54, 1.807) is 12.1 Å². The summed E-state index contributed by atoms with van der Waals surface area (Å²) in [5.41, 5.74) is 22.9. The van der Waals surface area contributed by atoms with Gasteiger partial charge in [-0.2, -0.15) is 0 Å². The van der Waals surface area contributed by atoms with Crippen molar-refractivity contribution < 1.29 is 34.5 Å². The van der Waals surface area contributed by atoms with Gasteiger partial charge in [0.05, 0.1) is 12.6 Å². The maximum absolute atomic E-state index is 13.2. The van der Waals surface area contributed by atoms with E-state index in [1.165, 1.54) is 12.1 Å². The first kappa shape index (κ1) is 33.1. The average molecular weight is 553 g/mol. The van der Waals surface area contributed by atoms with Crippen LogP contribution in [0.2, 0.25) is 0 Å². The summed E-state index contributed by atoms with van der Waals surface area (Å²) in [6, 6.07) is 1.30. The average Bonchev–Trinajstić information content (AvgIpc) is 2.88. The highest BCUT2D eigenvalue weighted by Gasteiger charge is 2.30. The normalized spacial score (nSPS) is 13.8. The number of aliphatic imine (C=N–C) groups is 1. The van der Waals surface area contributed by atoms with Crippen LogP contribution in [0.1, 0.15) is 37.7 Å². The van der Waals surface area contributed by atoms with Gasteiger partial charge in [-0.1, -0.05) is 12.1 Å². The fraction of sp³-hybridized carbons (Fsp3) is 0.542. The third-order valence-corrected chi connectivity index (χ3v) is 5.68. The lowest BCUT2D eigenvalue weighted by molar-refractivity contribution is -0.143. The zero-order chi connectivity index (χ0) is 29.4. The van der Waals surface area contributed by atoms with Crippen molar-refractivity contribution in [1.29, 1.82) is 0 Å². The van der Waals surface area contributed by atoms with E-state index in [0.29, 0.717) is 31.4 Å². The number of aliphatic hydroxyl groups excluding tert-OH is 1. The topological polar surface area (TPSA) is 282 Å². The Labute approximate surface area is 226 Å². The number of nitrogens with two attached hydrogens (primary N) is 4. The zero-order valence-electron chi connectivity index (χ0n) is 21.7. The van der Waals surface area contributed by atoms with E-state index >= 15 is 0 Å². The predicted molar refractivity (Wildman–Crippen MR) is 143 cm³/mol. The van der Waals surface area contributed by atoms with Gasteiger partial charge < -0.3 is 54.2 Å². The van der Waals surface area contributed by atoms with Crippen molar-refractivity contribution in [3.63, 3.8) is 0 Å². The molecule has 0 bridgehead atoms. The van der Waals surface area contributed by atoms with Gasteiger partial charge in [-0.15, -0.1) is 0 Å². The molecule has 0 aliphatic rings. The fourth-order valence-electron chi connectivity index (χ4n) is 3.52. The number of carboxylic acid groups (broad SMARTS) is 1. The Morgan fingerprint density at radius 2 is 1.38 bits per heavy atom. The predicted octanol–water partition coefficient (Wildman–Crippen LogP) is -3.02. The molecule has 14 N–H and O–H groups in total. The maximum Gasteiger partial charge on any atom is 0.328 e. The molecule has 0 saturated carbocycles. The number of phenols is 1. The third kappa shape index (κ3) is 12.9. The molecular formula is C24H40N8O7. The molecule has 1 aromatic carbocycles. The van der Waals surface area contributed by atoms with E-state index in [0.717, 1.165) is 0 Å². The molecular weight excluding hydrogens is 512 g/mol. The van der Waals surface area contributed by atoms with Crippen LogP contribution >= 0.6 is 0 Å². The lowest BCUT2D eigenvalue weighted by atomic mass is 10.0. The number of nitrogens with zero attached hydrogens (tertiary/aromatic N) is 1. The molecule has 1 aromatic rings.